The van der Waals surface area contributed by atoms with Crippen LogP contribution in [0.15, 0.2) is 42.5 Å². The van der Waals surface area contributed by atoms with Gasteiger partial charge in [-0.3, -0.25) is 13.9 Å². The molecule has 2 amide bonds. The normalized spacial score (nSPS) is 14.0. The number of carbonyl (C=O) groups is 2. The van der Waals surface area contributed by atoms with Gasteiger partial charge in [-0.2, -0.15) is 0 Å². The van der Waals surface area contributed by atoms with E-state index in [1.54, 1.807) is 30.3 Å². The number of carbonyl (C=O) groups excluding carboxylic acids is 2. The quantitative estimate of drug-likeness (QED) is 0.407. The van der Waals surface area contributed by atoms with Crippen molar-refractivity contribution in [3.05, 3.63) is 53.8 Å². The Morgan fingerprint density at radius 3 is 2.37 bits per heavy atom. The molecule has 0 aliphatic carbocycles. The predicted molar refractivity (Wildman–Crippen MR) is 143 cm³/mol. The van der Waals surface area contributed by atoms with Crippen LogP contribution in [-0.4, -0.2) is 56.8 Å². The van der Waals surface area contributed by atoms with Crippen LogP contribution in [0.3, 0.4) is 0 Å². The Labute approximate surface area is 224 Å². The van der Waals surface area contributed by atoms with Crippen molar-refractivity contribution in [3.63, 3.8) is 0 Å². The molecule has 0 unspecified atom stereocenters. The number of hydrogen-bond donors (Lipinski definition) is 1. The molecule has 1 aliphatic heterocycles. The number of fused-ring (bicyclic) bond motifs is 1. The zero-order valence-electron chi connectivity index (χ0n) is 22.3. The van der Waals surface area contributed by atoms with Gasteiger partial charge in [0.2, 0.25) is 28.6 Å². The summed E-state index contributed by atoms with van der Waals surface area (Å²) in [4.78, 5) is 28.0. The lowest BCUT2D eigenvalue weighted by Crippen LogP contribution is -2.50. The standard InChI is InChI=1S/C27H36FN3O6S/c1-5-19(3)29-27(33)23(6-2)30(17-20-9-11-21(28)12-10-20)26(32)8-7-15-31(38(4,34)35)22-13-14-24-25(16-22)37-18-36-24/h9-14,16,19,23H,5-8,15,17-18H2,1-4H3,(H,29,33)/t19-,23-/m0/s1. The highest BCUT2D eigenvalue weighted by Crippen LogP contribution is 2.36. The zero-order valence-corrected chi connectivity index (χ0v) is 23.1. The average Bonchev–Trinajstić information content (AvgIpc) is 3.34. The van der Waals surface area contributed by atoms with Crippen LogP contribution >= 0.6 is 0 Å². The minimum Gasteiger partial charge on any atom is -0.454 e. The Bertz CT molecular complexity index is 1220. The summed E-state index contributed by atoms with van der Waals surface area (Å²) < 4.78 is 50.5. The second kappa shape index (κ2) is 12.9. The maximum Gasteiger partial charge on any atom is 0.243 e. The van der Waals surface area contributed by atoms with E-state index in [0.717, 1.165) is 12.7 Å². The van der Waals surface area contributed by atoms with Gasteiger partial charge in [0.05, 0.1) is 11.9 Å². The molecule has 2 atom stereocenters. The summed E-state index contributed by atoms with van der Waals surface area (Å²) in [5.74, 6) is 0.0542. The minimum atomic E-state index is -3.64. The number of ether oxygens (including phenoxy) is 2. The lowest BCUT2D eigenvalue weighted by atomic mass is 10.1. The van der Waals surface area contributed by atoms with Crippen molar-refractivity contribution < 1.29 is 31.9 Å². The van der Waals surface area contributed by atoms with E-state index >= 15 is 0 Å². The monoisotopic (exact) mass is 549 g/mol. The van der Waals surface area contributed by atoms with Crippen molar-refractivity contribution >= 4 is 27.5 Å². The van der Waals surface area contributed by atoms with Crippen LogP contribution in [0.4, 0.5) is 10.1 Å². The van der Waals surface area contributed by atoms with Gasteiger partial charge in [0, 0.05) is 31.6 Å². The summed E-state index contributed by atoms with van der Waals surface area (Å²) in [7, 11) is -3.64. The highest BCUT2D eigenvalue weighted by Gasteiger charge is 2.29. The SMILES string of the molecule is CC[C@H](C)NC(=O)[C@H](CC)N(Cc1ccc(F)cc1)C(=O)CCCN(c1ccc2c(c1)OCO2)S(C)(=O)=O. The molecule has 1 aliphatic rings. The topological polar surface area (TPSA) is 105 Å². The van der Waals surface area contributed by atoms with Crippen LogP contribution in [0, 0.1) is 5.82 Å². The van der Waals surface area contributed by atoms with E-state index in [4.69, 9.17) is 9.47 Å². The summed E-state index contributed by atoms with van der Waals surface area (Å²) in [6.07, 6.45) is 2.48. The van der Waals surface area contributed by atoms with Crippen LogP contribution in [0.25, 0.3) is 0 Å². The van der Waals surface area contributed by atoms with Gasteiger partial charge in [-0.15, -0.1) is 0 Å². The summed E-state index contributed by atoms with van der Waals surface area (Å²) in [6, 6.07) is 9.89. The number of nitrogens with zero attached hydrogens (tertiary/aromatic N) is 2. The molecule has 2 aromatic carbocycles. The van der Waals surface area contributed by atoms with E-state index in [1.165, 1.54) is 21.3 Å². The van der Waals surface area contributed by atoms with Crippen molar-refractivity contribution in [1.82, 2.24) is 10.2 Å². The number of rotatable bonds is 13. The molecule has 1 N–H and O–H groups in total. The molecular formula is C27H36FN3O6S. The Hall–Kier alpha value is -3.34. The number of sulfonamides is 1. The lowest BCUT2D eigenvalue weighted by molar-refractivity contribution is -0.141. The molecule has 0 fully saturated rings. The first-order chi connectivity index (χ1) is 18.0. The van der Waals surface area contributed by atoms with Gasteiger partial charge in [-0.05, 0) is 56.0 Å². The third kappa shape index (κ3) is 7.59. The van der Waals surface area contributed by atoms with Crippen molar-refractivity contribution in [2.45, 2.75) is 65.1 Å². The first kappa shape index (κ1) is 29.2. The minimum absolute atomic E-state index is 0.0187. The molecule has 0 aromatic heterocycles. The molecule has 3 rings (SSSR count). The fraction of sp³-hybridized carbons (Fsp3) is 0.481. The first-order valence-electron chi connectivity index (χ1n) is 12.7. The maximum absolute atomic E-state index is 13.5. The Balaban J connectivity index is 1.76. The molecule has 0 spiro atoms. The third-order valence-corrected chi connectivity index (χ3v) is 7.64. The maximum atomic E-state index is 13.5. The van der Waals surface area contributed by atoms with E-state index in [2.05, 4.69) is 5.32 Å². The largest absolute Gasteiger partial charge is 0.454 e. The molecule has 0 saturated heterocycles. The fourth-order valence-electron chi connectivity index (χ4n) is 4.19. The highest BCUT2D eigenvalue weighted by molar-refractivity contribution is 7.92. The zero-order chi connectivity index (χ0) is 27.9. The summed E-state index contributed by atoms with van der Waals surface area (Å²) in [5, 5.41) is 2.94. The van der Waals surface area contributed by atoms with Crippen LogP contribution in [0.5, 0.6) is 11.5 Å². The van der Waals surface area contributed by atoms with Gasteiger partial charge in [0.25, 0.3) is 0 Å². The van der Waals surface area contributed by atoms with E-state index in [1.807, 2.05) is 20.8 Å². The number of benzene rings is 2. The summed E-state index contributed by atoms with van der Waals surface area (Å²) in [5.41, 5.74) is 1.10. The number of amides is 2. The van der Waals surface area contributed by atoms with Gasteiger partial charge in [0.1, 0.15) is 11.9 Å². The molecule has 0 saturated carbocycles. The van der Waals surface area contributed by atoms with Gasteiger partial charge in [0.15, 0.2) is 11.5 Å². The summed E-state index contributed by atoms with van der Waals surface area (Å²) in [6.45, 7) is 5.94. The second-order valence-electron chi connectivity index (χ2n) is 9.37. The predicted octanol–water partition coefficient (Wildman–Crippen LogP) is 3.82. The molecule has 9 nitrogen and oxygen atoms in total. The molecule has 1 heterocycles. The van der Waals surface area contributed by atoms with E-state index in [9.17, 15) is 22.4 Å². The second-order valence-corrected chi connectivity index (χ2v) is 11.3. The fourth-order valence-corrected chi connectivity index (χ4v) is 5.15. The smallest absolute Gasteiger partial charge is 0.243 e. The van der Waals surface area contributed by atoms with E-state index < -0.39 is 21.9 Å². The van der Waals surface area contributed by atoms with Crippen molar-refractivity contribution in [1.29, 1.82) is 0 Å². The average molecular weight is 550 g/mol. The van der Waals surface area contributed by atoms with Crippen LogP contribution < -0.4 is 19.1 Å². The molecule has 2 aromatic rings. The third-order valence-electron chi connectivity index (χ3n) is 6.45. The molecule has 11 heteroatoms. The number of anilines is 1. The number of nitrogens with one attached hydrogen (secondary N) is 1. The van der Waals surface area contributed by atoms with Crippen LogP contribution in [0.1, 0.15) is 52.0 Å². The number of hydrogen-bond acceptors (Lipinski definition) is 6. The lowest BCUT2D eigenvalue weighted by Gasteiger charge is -2.32. The molecule has 0 bridgehead atoms. The van der Waals surface area contributed by atoms with Crippen molar-refractivity contribution in [2.24, 2.45) is 0 Å². The van der Waals surface area contributed by atoms with Crippen molar-refractivity contribution in [3.8, 4) is 11.5 Å². The Kier molecular flexibility index (Phi) is 9.96. The van der Waals surface area contributed by atoms with Gasteiger partial charge in [-0.1, -0.05) is 26.0 Å². The van der Waals surface area contributed by atoms with Crippen LogP contribution in [0.2, 0.25) is 0 Å². The van der Waals surface area contributed by atoms with Crippen molar-refractivity contribution in [2.75, 3.05) is 23.9 Å². The van der Waals surface area contributed by atoms with Gasteiger partial charge in [-0.25, -0.2) is 12.8 Å². The summed E-state index contributed by atoms with van der Waals surface area (Å²) >= 11 is 0. The van der Waals surface area contributed by atoms with Crippen LogP contribution in [-0.2, 0) is 26.2 Å². The van der Waals surface area contributed by atoms with E-state index in [0.29, 0.717) is 29.2 Å². The first-order valence-corrected chi connectivity index (χ1v) is 14.6. The molecule has 38 heavy (non-hydrogen) atoms. The highest BCUT2D eigenvalue weighted by atomic mass is 32.2. The molecule has 208 valence electrons. The Morgan fingerprint density at radius 2 is 1.74 bits per heavy atom. The van der Waals surface area contributed by atoms with Gasteiger partial charge < -0.3 is 19.7 Å². The molecular weight excluding hydrogens is 513 g/mol. The van der Waals surface area contributed by atoms with Gasteiger partial charge >= 0.3 is 0 Å². The Morgan fingerprint density at radius 1 is 1.05 bits per heavy atom. The number of halogens is 1. The molecule has 0 radical (unpaired) electrons. The van der Waals surface area contributed by atoms with E-state index in [-0.39, 0.29) is 50.6 Å².